The van der Waals surface area contributed by atoms with Gasteiger partial charge in [-0.25, -0.2) is 4.79 Å². The Bertz CT molecular complexity index is 218. The molecule has 16 heavy (non-hydrogen) atoms. The lowest BCUT2D eigenvalue weighted by atomic mass is 10.1. The van der Waals surface area contributed by atoms with Gasteiger partial charge >= 0.3 is 6.09 Å². The van der Waals surface area contributed by atoms with E-state index in [9.17, 15) is 4.79 Å². The fourth-order valence-corrected chi connectivity index (χ4v) is 1.32. The maximum atomic E-state index is 11.4. The van der Waals surface area contributed by atoms with E-state index in [1.54, 1.807) is 0 Å². The first-order valence-electron chi connectivity index (χ1n) is 5.95. The van der Waals surface area contributed by atoms with Crippen molar-refractivity contribution in [2.75, 3.05) is 0 Å². The lowest BCUT2D eigenvalue weighted by molar-refractivity contribution is 0.0506. The first-order chi connectivity index (χ1) is 7.35. The molecular weight excluding hydrogens is 202 g/mol. The smallest absolute Gasteiger partial charge is 0.407 e. The minimum atomic E-state index is -0.424. The number of alkyl carbamates (subject to hydrolysis) is 1. The number of hydrogen-bond acceptors (Lipinski definition) is 2. The normalized spacial score (nSPS) is 13.0. The van der Waals surface area contributed by atoms with Gasteiger partial charge in [0, 0.05) is 6.04 Å². The first kappa shape index (κ1) is 15.0. The molecule has 0 aromatic rings. The van der Waals surface area contributed by atoms with Crippen LogP contribution in [0.2, 0.25) is 0 Å². The van der Waals surface area contributed by atoms with E-state index >= 15 is 0 Å². The molecule has 0 saturated carbocycles. The molecule has 0 rings (SSSR count). The van der Waals surface area contributed by atoms with Crippen LogP contribution in [0.25, 0.3) is 0 Å². The number of allylic oxidation sites excluding steroid dienone is 1. The van der Waals surface area contributed by atoms with Crippen molar-refractivity contribution in [3.63, 3.8) is 0 Å². The van der Waals surface area contributed by atoms with Crippen LogP contribution in [-0.2, 0) is 4.74 Å². The summed E-state index contributed by atoms with van der Waals surface area (Å²) in [5.41, 5.74) is -0.424. The molecule has 0 spiro atoms. The second kappa shape index (κ2) is 7.31. The van der Waals surface area contributed by atoms with Gasteiger partial charge in [0.2, 0.25) is 0 Å². The Morgan fingerprint density at radius 3 is 2.56 bits per heavy atom. The lowest BCUT2D eigenvalue weighted by Gasteiger charge is -2.21. The van der Waals surface area contributed by atoms with Gasteiger partial charge in [0.05, 0.1) is 0 Å². The molecule has 0 aromatic heterocycles. The van der Waals surface area contributed by atoms with Crippen molar-refractivity contribution in [1.29, 1.82) is 0 Å². The molecule has 1 unspecified atom stereocenters. The van der Waals surface area contributed by atoms with Gasteiger partial charge in [0.1, 0.15) is 5.60 Å². The van der Waals surface area contributed by atoms with Gasteiger partial charge in [-0.15, -0.1) is 6.58 Å². The third kappa shape index (κ3) is 9.56. The van der Waals surface area contributed by atoms with Crippen LogP contribution >= 0.6 is 0 Å². The summed E-state index contributed by atoms with van der Waals surface area (Å²) in [6.45, 7) is 11.3. The Morgan fingerprint density at radius 1 is 1.44 bits per heavy atom. The van der Waals surface area contributed by atoms with Gasteiger partial charge in [-0.2, -0.15) is 0 Å². The van der Waals surface area contributed by atoms with E-state index in [1.807, 2.05) is 33.8 Å². The molecule has 3 heteroatoms. The van der Waals surface area contributed by atoms with Crippen molar-refractivity contribution in [2.45, 2.75) is 65.0 Å². The highest BCUT2D eigenvalue weighted by Gasteiger charge is 2.17. The maximum Gasteiger partial charge on any atom is 0.407 e. The number of carbonyl (C=O) groups is 1. The van der Waals surface area contributed by atoms with Crippen molar-refractivity contribution in [3.8, 4) is 0 Å². The third-order valence-corrected chi connectivity index (χ3v) is 2.06. The molecule has 0 aliphatic rings. The van der Waals surface area contributed by atoms with Crippen molar-refractivity contribution < 1.29 is 9.53 Å². The Balaban J connectivity index is 3.66. The highest BCUT2D eigenvalue weighted by Crippen LogP contribution is 2.08. The largest absolute Gasteiger partial charge is 0.444 e. The quantitative estimate of drug-likeness (QED) is 0.555. The van der Waals surface area contributed by atoms with E-state index in [0.717, 1.165) is 25.7 Å². The summed E-state index contributed by atoms with van der Waals surface area (Å²) in [6, 6.07) is 0.166. The minimum absolute atomic E-state index is 0.166. The summed E-state index contributed by atoms with van der Waals surface area (Å²) < 4.78 is 5.17. The Morgan fingerprint density at radius 2 is 2.06 bits per heavy atom. The second-order valence-corrected chi connectivity index (χ2v) is 5.12. The minimum Gasteiger partial charge on any atom is -0.444 e. The molecule has 0 radical (unpaired) electrons. The summed E-state index contributed by atoms with van der Waals surface area (Å²) in [5.74, 6) is 0. The SMILES string of the molecule is C=CCCCCC(C)NC(=O)OC(C)(C)C. The zero-order valence-electron chi connectivity index (χ0n) is 11.0. The fraction of sp³-hybridized carbons (Fsp3) is 0.769. The van der Waals surface area contributed by atoms with Crippen LogP contribution in [0.3, 0.4) is 0 Å². The number of nitrogens with one attached hydrogen (secondary N) is 1. The number of unbranched alkanes of at least 4 members (excludes halogenated alkanes) is 2. The molecular formula is C13H25NO2. The van der Waals surface area contributed by atoms with Crippen LogP contribution < -0.4 is 5.32 Å². The molecule has 1 N–H and O–H groups in total. The monoisotopic (exact) mass is 227 g/mol. The fourth-order valence-electron chi connectivity index (χ4n) is 1.32. The van der Waals surface area contributed by atoms with Crippen LogP contribution in [-0.4, -0.2) is 17.7 Å². The molecule has 3 nitrogen and oxygen atoms in total. The second-order valence-electron chi connectivity index (χ2n) is 5.12. The summed E-state index contributed by atoms with van der Waals surface area (Å²) >= 11 is 0. The molecule has 1 atom stereocenters. The van der Waals surface area contributed by atoms with Crippen molar-refractivity contribution >= 4 is 6.09 Å². The number of rotatable bonds is 6. The van der Waals surface area contributed by atoms with Crippen LogP contribution in [0.15, 0.2) is 12.7 Å². The lowest BCUT2D eigenvalue weighted by Crippen LogP contribution is -2.37. The van der Waals surface area contributed by atoms with Gasteiger partial charge < -0.3 is 10.1 Å². The van der Waals surface area contributed by atoms with E-state index in [-0.39, 0.29) is 12.1 Å². The molecule has 0 bridgehead atoms. The van der Waals surface area contributed by atoms with E-state index in [1.165, 1.54) is 0 Å². The Labute approximate surface area is 99.3 Å². The average Bonchev–Trinajstić information content (AvgIpc) is 2.09. The Kier molecular flexibility index (Phi) is 6.86. The standard InChI is InChI=1S/C13H25NO2/c1-6-7-8-9-10-11(2)14-12(15)16-13(3,4)5/h6,11H,1,7-10H2,2-5H3,(H,14,15). The number of ether oxygens (including phenoxy) is 1. The van der Waals surface area contributed by atoms with Crippen LogP contribution in [0, 0.1) is 0 Å². The van der Waals surface area contributed by atoms with Crippen LogP contribution in [0.5, 0.6) is 0 Å². The first-order valence-corrected chi connectivity index (χ1v) is 5.95. The van der Waals surface area contributed by atoms with Gasteiger partial charge in [-0.1, -0.05) is 12.5 Å². The molecule has 0 aliphatic heterocycles. The van der Waals surface area contributed by atoms with E-state index in [4.69, 9.17) is 4.74 Å². The van der Waals surface area contributed by atoms with Crippen molar-refractivity contribution in [1.82, 2.24) is 5.32 Å². The number of amides is 1. The topological polar surface area (TPSA) is 38.3 Å². The van der Waals surface area contributed by atoms with Crippen LogP contribution in [0.1, 0.15) is 53.4 Å². The highest BCUT2D eigenvalue weighted by molar-refractivity contribution is 5.67. The third-order valence-electron chi connectivity index (χ3n) is 2.06. The maximum absolute atomic E-state index is 11.4. The zero-order chi connectivity index (χ0) is 12.6. The molecule has 0 aliphatic carbocycles. The molecule has 0 fully saturated rings. The predicted octanol–water partition coefficient (Wildman–Crippen LogP) is 3.65. The summed E-state index contributed by atoms with van der Waals surface area (Å²) in [6.07, 6.45) is 5.84. The zero-order valence-corrected chi connectivity index (χ0v) is 11.0. The molecule has 0 saturated heterocycles. The van der Waals surface area contributed by atoms with E-state index in [0.29, 0.717) is 0 Å². The van der Waals surface area contributed by atoms with E-state index in [2.05, 4.69) is 11.9 Å². The number of hydrogen-bond donors (Lipinski definition) is 1. The van der Waals surface area contributed by atoms with Gasteiger partial charge in [0.15, 0.2) is 0 Å². The van der Waals surface area contributed by atoms with Crippen LogP contribution in [0.4, 0.5) is 4.79 Å². The van der Waals surface area contributed by atoms with E-state index < -0.39 is 5.60 Å². The molecule has 0 aromatic carbocycles. The van der Waals surface area contributed by atoms with Gasteiger partial charge in [0.25, 0.3) is 0 Å². The summed E-state index contributed by atoms with van der Waals surface area (Å²) in [7, 11) is 0. The van der Waals surface area contributed by atoms with Gasteiger partial charge in [-0.05, 0) is 47.0 Å². The average molecular weight is 227 g/mol. The molecule has 94 valence electrons. The summed E-state index contributed by atoms with van der Waals surface area (Å²) in [4.78, 5) is 11.4. The molecule has 1 amide bonds. The highest BCUT2D eigenvalue weighted by atomic mass is 16.6. The molecule has 0 heterocycles. The predicted molar refractivity (Wildman–Crippen MR) is 67.5 cm³/mol. The summed E-state index contributed by atoms with van der Waals surface area (Å²) in [5, 5.41) is 2.83. The van der Waals surface area contributed by atoms with Crippen molar-refractivity contribution in [3.05, 3.63) is 12.7 Å². The van der Waals surface area contributed by atoms with Gasteiger partial charge in [-0.3, -0.25) is 0 Å². The number of carbonyl (C=O) groups excluding carboxylic acids is 1. The van der Waals surface area contributed by atoms with Crippen molar-refractivity contribution in [2.24, 2.45) is 0 Å². The Hall–Kier alpha value is -0.990.